The Morgan fingerprint density at radius 2 is 1.84 bits per heavy atom. The standard InChI is InChI=1S/C15H29N3O/c1-2-5-13(12-16)15(19)18-10-8-17(9-11-18)14-6-3-4-7-14/h13-14H,2-12,16H2,1H3. The number of piperazine rings is 1. The molecule has 1 unspecified atom stereocenters. The minimum Gasteiger partial charge on any atom is -0.340 e. The molecule has 0 spiro atoms. The van der Waals surface area contributed by atoms with Gasteiger partial charge in [0.2, 0.25) is 5.91 Å². The average molecular weight is 267 g/mol. The lowest BCUT2D eigenvalue weighted by Crippen LogP contribution is -2.53. The van der Waals surface area contributed by atoms with Crippen LogP contribution in [0.5, 0.6) is 0 Å². The first kappa shape index (κ1) is 14.8. The molecule has 1 aliphatic heterocycles. The molecular weight excluding hydrogens is 238 g/mol. The molecule has 4 nitrogen and oxygen atoms in total. The number of hydrogen-bond donors (Lipinski definition) is 1. The Hall–Kier alpha value is -0.610. The fourth-order valence-corrected chi connectivity index (χ4v) is 3.53. The van der Waals surface area contributed by atoms with E-state index in [1.165, 1.54) is 25.7 Å². The Bertz CT molecular complexity index is 281. The van der Waals surface area contributed by atoms with Gasteiger partial charge in [0.05, 0.1) is 5.92 Å². The van der Waals surface area contributed by atoms with Crippen LogP contribution in [0.25, 0.3) is 0 Å². The average Bonchev–Trinajstić information content (AvgIpc) is 2.98. The monoisotopic (exact) mass is 267 g/mol. The van der Waals surface area contributed by atoms with Crippen LogP contribution in [0.2, 0.25) is 0 Å². The number of carbonyl (C=O) groups excluding carboxylic acids is 1. The van der Waals surface area contributed by atoms with E-state index < -0.39 is 0 Å². The van der Waals surface area contributed by atoms with Gasteiger partial charge >= 0.3 is 0 Å². The number of amides is 1. The highest BCUT2D eigenvalue weighted by molar-refractivity contribution is 5.79. The van der Waals surface area contributed by atoms with Crippen LogP contribution in [0.1, 0.15) is 45.4 Å². The van der Waals surface area contributed by atoms with Crippen molar-refractivity contribution in [2.75, 3.05) is 32.7 Å². The molecule has 19 heavy (non-hydrogen) atoms. The summed E-state index contributed by atoms with van der Waals surface area (Å²) in [4.78, 5) is 17.0. The fourth-order valence-electron chi connectivity index (χ4n) is 3.53. The van der Waals surface area contributed by atoms with Crippen LogP contribution in [0.3, 0.4) is 0 Å². The van der Waals surface area contributed by atoms with Crippen molar-refractivity contribution in [3.63, 3.8) is 0 Å². The second-order valence-corrected chi connectivity index (χ2v) is 6.02. The Labute approximate surface area is 117 Å². The molecule has 1 amide bonds. The predicted octanol–water partition coefficient (Wildman–Crippen LogP) is 1.45. The Morgan fingerprint density at radius 3 is 2.37 bits per heavy atom. The van der Waals surface area contributed by atoms with E-state index in [9.17, 15) is 4.79 Å². The number of rotatable bonds is 5. The van der Waals surface area contributed by atoms with Crippen molar-refractivity contribution in [2.45, 2.75) is 51.5 Å². The first-order valence-corrected chi connectivity index (χ1v) is 7.99. The van der Waals surface area contributed by atoms with E-state index in [4.69, 9.17) is 5.73 Å². The van der Waals surface area contributed by atoms with Gasteiger partial charge in [-0.05, 0) is 19.3 Å². The van der Waals surface area contributed by atoms with Crippen molar-refractivity contribution >= 4 is 5.91 Å². The molecule has 4 heteroatoms. The first-order valence-electron chi connectivity index (χ1n) is 7.99. The molecule has 1 saturated heterocycles. The van der Waals surface area contributed by atoms with Crippen molar-refractivity contribution in [1.82, 2.24) is 9.80 Å². The highest BCUT2D eigenvalue weighted by atomic mass is 16.2. The summed E-state index contributed by atoms with van der Waals surface area (Å²) in [5, 5.41) is 0. The van der Waals surface area contributed by atoms with Crippen LogP contribution in [0, 0.1) is 5.92 Å². The zero-order valence-electron chi connectivity index (χ0n) is 12.3. The molecule has 2 rings (SSSR count). The maximum atomic E-state index is 12.4. The third kappa shape index (κ3) is 3.69. The highest BCUT2D eigenvalue weighted by Gasteiger charge is 2.29. The fraction of sp³-hybridized carbons (Fsp3) is 0.933. The van der Waals surface area contributed by atoms with E-state index in [0.29, 0.717) is 6.54 Å². The van der Waals surface area contributed by atoms with Gasteiger partial charge in [0, 0.05) is 38.8 Å². The zero-order valence-corrected chi connectivity index (χ0v) is 12.3. The summed E-state index contributed by atoms with van der Waals surface area (Å²) in [5.74, 6) is 0.332. The molecule has 0 aromatic rings. The predicted molar refractivity (Wildman–Crippen MR) is 77.9 cm³/mol. The second-order valence-electron chi connectivity index (χ2n) is 6.02. The van der Waals surface area contributed by atoms with E-state index >= 15 is 0 Å². The van der Waals surface area contributed by atoms with Gasteiger partial charge in [0.1, 0.15) is 0 Å². The largest absolute Gasteiger partial charge is 0.340 e. The van der Waals surface area contributed by atoms with Crippen LogP contribution in [-0.2, 0) is 4.79 Å². The summed E-state index contributed by atoms with van der Waals surface area (Å²) in [6, 6.07) is 0.790. The maximum absolute atomic E-state index is 12.4. The van der Waals surface area contributed by atoms with Gasteiger partial charge in [0.25, 0.3) is 0 Å². The van der Waals surface area contributed by atoms with Gasteiger partial charge in [-0.3, -0.25) is 9.69 Å². The summed E-state index contributed by atoms with van der Waals surface area (Å²) in [6.45, 7) is 6.52. The lowest BCUT2D eigenvalue weighted by atomic mass is 10.0. The quantitative estimate of drug-likeness (QED) is 0.820. The van der Waals surface area contributed by atoms with E-state index in [2.05, 4.69) is 11.8 Å². The minimum atomic E-state index is 0.0445. The molecule has 0 bridgehead atoms. The molecule has 2 fully saturated rings. The molecule has 1 heterocycles. The van der Waals surface area contributed by atoms with E-state index in [0.717, 1.165) is 45.1 Å². The Morgan fingerprint density at radius 1 is 1.21 bits per heavy atom. The second kappa shape index (κ2) is 7.25. The summed E-state index contributed by atoms with van der Waals surface area (Å²) in [6.07, 6.45) is 7.45. The van der Waals surface area contributed by atoms with Gasteiger partial charge in [0.15, 0.2) is 0 Å². The van der Waals surface area contributed by atoms with E-state index in [-0.39, 0.29) is 11.8 Å². The van der Waals surface area contributed by atoms with Gasteiger partial charge in [-0.2, -0.15) is 0 Å². The topological polar surface area (TPSA) is 49.6 Å². The lowest BCUT2D eigenvalue weighted by Gasteiger charge is -2.39. The molecule has 110 valence electrons. The minimum absolute atomic E-state index is 0.0445. The molecule has 0 radical (unpaired) electrons. The molecular formula is C15H29N3O. The van der Waals surface area contributed by atoms with Crippen LogP contribution in [0.4, 0.5) is 0 Å². The number of nitrogens with two attached hydrogens (primary N) is 1. The SMILES string of the molecule is CCCC(CN)C(=O)N1CCN(C2CCCC2)CC1. The number of nitrogens with zero attached hydrogens (tertiary/aromatic N) is 2. The van der Waals surface area contributed by atoms with Crippen LogP contribution in [0.15, 0.2) is 0 Å². The molecule has 2 N–H and O–H groups in total. The summed E-state index contributed by atoms with van der Waals surface area (Å²) in [5.41, 5.74) is 5.74. The maximum Gasteiger partial charge on any atom is 0.227 e. The smallest absolute Gasteiger partial charge is 0.227 e. The van der Waals surface area contributed by atoms with Crippen LogP contribution in [-0.4, -0.2) is 54.5 Å². The van der Waals surface area contributed by atoms with Crippen molar-refractivity contribution < 1.29 is 4.79 Å². The zero-order chi connectivity index (χ0) is 13.7. The Kier molecular flexibility index (Phi) is 5.64. The molecule has 1 atom stereocenters. The number of hydrogen-bond acceptors (Lipinski definition) is 3. The van der Waals surface area contributed by atoms with Gasteiger partial charge in [-0.15, -0.1) is 0 Å². The van der Waals surface area contributed by atoms with E-state index in [1.54, 1.807) is 0 Å². The molecule has 1 saturated carbocycles. The molecule has 1 aliphatic carbocycles. The van der Waals surface area contributed by atoms with Crippen LogP contribution < -0.4 is 5.73 Å². The summed E-state index contributed by atoms with van der Waals surface area (Å²) >= 11 is 0. The van der Waals surface area contributed by atoms with E-state index in [1.807, 2.05) is 4.90 Å². The van der Waals surface area contributed by atoms with Crippen molar-refractivity contribution in [3.05, 3.63) is 0 Å². The van der Waals surface area contributed by atoms with Crippen LogP contribution >= 0.6 is 0 Å². The first-order chi connectivity index (χ1) is 9.26. The lowest BCUT2D eigenvalue weighted by molar-refractivity contribution is -0.137. The third-order valence-corrected chi connectivity index (χ3v) is 4.74. The van der Waals surface area contributed by atoms with Gasteiger partial charge in [-0.1, -0.05) is 26.2 Å². The molecule has 0 aromatic carbocycles. The third-order valence-electron chi connectivity index (χ3n) is 4.74. The summed E-state index contributed by atoms with van der Waals surface area (Å²) < 4.78 is 0. The Balaban J connectivity index is 1.79. The summed E-state index contributed by atoms with van der Waals surface area (Å²) in [7, 11) is 0. The van der Waals surface area contributed by atoms with Crippen molar-refractivity contribution in [3.8, 4) is 0 Å². The van der Waals surface area contributed by atoms with Crippen molar-refractivity contribution in [2.24, 2.45) is 11.7 Å². The van der Waals surface area contributed by atoms with Gasteiger partial charge in [-0.25, -0.2) is 0 Å². The normalized spacial score (nSPS) is 23.8. The van der Waals surface area contributed by atoms with Crippen molar-refractivity contribution in [1.29, 1.82) is 0 Å². The highest BCUT2D eigenvalue weighted by Crippen LogP contribution is 2.24. The van der Waals surface area contributed by atoms with Gasteiger partial charge < -0.3 is 10.6 Å². The number of carbonyl (C=O) groups is 1. The molecule has 2 aliphatic rings. The molecule has 0 aromatic heterocycles.